The van der Waals surface area contributed by atoms with Crippen molar-refractivity contribution in [2.45, 2.75) is 13.5 Å². The van der Waals surface area contributed by atoms with Crippen LogP contribution in [0.1, 0.15) is 23.0 Å². The molecule has 0 aliphatic heterocycles. The molecule has 2 N–H and O–H groups in total. The minimum atomic E-state index is -0.212. The molecule has 0 atom stereocenters. The average Bonchev–Trinajstić information content (AvgIpc) is 2.69. The lowest BCUT2D eigenvalue weighted by atomic mass is 10.2. The number of carbonyl (C=O) groups excluding carboxylic acids is 1. The zero-order valence-corrected chi connectivity index (χ0v) is 14.6. The van der Waals surface area contributed by atoms with Crippen molar-refractivity contribution >= 4 is 17.3 Å². The Morgan fingerprint density at radius 1 is 1.04 bits per heavy atom. The summed E-state index contributed by atoms with van der Waals surface area (Å²) in [6.07, 6.45) is 1.61. The third-order valence-electron chi connectivity index (χ3n) is 3.75. The Kier molecular flexibility index (Phi) is 5.83. The second kappa shape index (κ2) is 8.67. The molecule has 3 aromatic rings. The van der Waals surface area contributed by atoms with E-state index in [2.05, 4.69) is 15.6 Å². The molecular formula is C21H21N3O2. The summed E-state index contributed by atoms with van der Waals surface area (Å²) in [5.74, 6) is 0.553. The maximum Gasteiger partial charge on any atom is 0.270 e. The molecule has 0 saturated carbocycles. The molecule has 0 radical (unpaired) electrons. The molecule has 26 heavy (non-hydrogen) atoms. The first-order valence-corrected chi connectivity index (χ1v) is 8.53. The fourth-order valence-corrected chi connectivity index (χ4v) is 2.51. The van der Waals surface area contributed by atoms with E-state index in [0.717, 1.165) is 22.7 Å². The van der Waals surface area contributed by atoms with E-state index >= 15 is 0 Å². The second-order valence-corrected chi connectivity index (χ2v) is 5.65. The molecule has 1 amide bonds. The lowest BCUT2D eigenvalue weighted by molar-refractivity contribution is 0.0946. The van der Waals surface area contributed by atoms with Crippen LogP contribution < -0.4 is 15.4 Å². The van der Waals surface area contributed by atoms with E-state index in [-0.39, 0.29) is 5.91 Å². The number of aromatic nitrogens is 1. The van der Waals surface area contributed by atoms with Crippen molar-refractivity contribution in [1.29, 1.82) is 0 Å². The van der Waals surface area contributed by atoms with Crippen LogP contribution in [0, 0.1) is 0 Å². The van der Waals surface area contributed by atoms with E-state index in [0.29, 0.717) is 18.8 Å². The third kappa shape index (κ3) is 4.60. The Morgan fingerprint density at radius 2 is 1.81 bits per heavy atom. The van der Waals surface area contributed by atoms with Crippen LogP contribution in [-0.2, 0) is 6.54 Å². The number of nitrogens with zero attached hydrogens (tertiary/aromatic N) is 1. The summed E-state index contributed by atoms with van der Waals surface area (Å²) in [5.41, 5.74) is 3.02. The number of hydrogen-bond acceptors (Lipinski definition) is 4. The molecule has 1 aromatic heterocycles. The number of ether oxygens (including phenoxy) is 1. The highest BCUT2D eigenvalue weighted by Gasteiger charge is 2.09. The van der Waals surface area contributed by atoms with Gasteiger partial charge in [0.05, 0.1) is 12.3 Å². The summed E-state index contributed by atoms with van der Waals surface area (Å²) in [6.45, 7) is 2.99. The minimum absolute atomic E-state index is 0.212. The zero-order chi connectivity index (χ0) is 18.2. The number of carbonyl (C=O) groups is 1. The van der Waals surface area contributed by atoms with Gasteiger partial charge in [0, 0.05) is 18.4 Å². The van der Waals surface area contributed by atoms with Crippen LogP contribution in [0.2, 0.25) is 0 Å². The smallest absolute Gasteiger partial charge is 0.270 e. The molecule has 1 heterocycles. The number of benzene rings is 2. The van der Waals surface area contributed by atoms with Gasteiger partial charge in [-0.25, -0.2) is 0 Å². The summed E-state index contributed by atoms with van der Waals surface area (Å²) in [5, 5.41) is 6.17. The van der Waals surface area contributed by atoms with E-state index in [4.69, 9.17) is 4.74 Å². The molecule has 0 aliphatic carbocycles. The summed E-state index contributed by atoms with van der Waals surface area (Å²) in [6, 6.07) is 21.0. The summed E-state index contributed by atoms with van der Waals surface area (Å²) in [4.78, 5) is 16.5. The molecule has 2 aromatic carbocycles. The van der Waals surface area contributed by atoms with Gasteiger partial charge in [-0.2, -0.15) is 0 Å². The lowest BCUT2D eigenvalue weighted by Crippen LogP contribution is -2.23. The largest absolute Gasteiger partial charge is 0.492 e. The van der Waals surface area contributed by atoms with Gasteiger partial charge in [-0.05, 0) is 36.8 Å². The van der Waals surface area contributed by atoms with Crippen LogP contribution in [0.25, 0.3) is 0 Å². The highest BCUT2D eigenvalue weighted by Crippen LogP contribution is 2.27. The maximum atomic E-state index is 12.4. The predicted octanol–water partition coefficient (Wildman–Crippen LogP) is 4.15. The third-order valence-corrected chi connectivity index (χ3v) is 3.75. The minimum Gasteiger partial charge on any atom is -0.492 e. The number of hydrogen-bond donors (Lipinski definition) is 2. The summed E-state index contributed by atoms with van der Waals surface area (Å²) in [7, 11) is 0. The van der Waals surface area contributed by atoms with Gasteiger partial charge in [-0.15, -0.1) is 0 Å². The van der Waals surface area contributed by atoms with Crippen molar-refractivity contribution in [2.24, 2.45) is 0 Å². The van der Waals surface area contributed by atoms with Gasteiger partial charge >= 0.3 is 0 Å². The monoisotopic (exact) mass is 347 g/mol. The van der Waals surface area contributed by atoms with Gasteiger partial charge in [0.2, 0.25) is 0 Å². The second-order valence-electron chi connectivity index (χ2n) is 5.65. The molecule has 0 saturated heterocycles. The molecule has 0 aliphatic rings. The quantitative estimate of drug-likeness (QED) is 0.674. The maximum absolute atomic E-state index is 12.4. The van der Waals surface area contributed by atoms with E-state index in [9.17, 15) is 4.79 Å². The van der Waals surface area contributed by atoms with E-state index < -0.39 is 0 Å². The van der Waals surface area contributed by atoms with Crippen LogP contribution in [-0.4, -0.2) is 17.5 Å². The first-order chi connectivity index (χ1) is 12.8. The molecule has 132 valence electrons. The number of pyridine rings is 1. The van der Waals surface area contributed by atoms with Crippen LogP contribution in [0.3, 0.4) is 0 Å². The molecule has 0 unspecified atom stereocenters. The van der Waals surface area contributed by atoms with E-state index in [1.165, 1.54) is 0 Å². The summed E-state index contributed by atoms with van der Waals surface area (Å²) >= 11 is 0. The molecule has 3 rings (SSSR count). The van der Waals surface area contributed by atoms with Crippen LogP contribution in [0.5, 0.6) is 5.75 Å². The molecule has 5 nitrogen and oxygen atoms in total. The topological polar surface area (TPSA) is 63.2 Å². The van der Waals surface area contributed by atoms with E-state index in [1.807, 2.05) is 67.6 Å². The first-order valence-electron chi connectivity index (χ1n) is 8.53. The molecular weight excluding hydrogens is 326 g/mol. The number of nitrogens with one attached hydrogen (secondary N) is 2. The number of anilines is 2. The zero-order valence-electron chi connectivity index (χ0n) is 14.6. The molecule has 0 spiro atoms. The molecule has 0 bridgehead atoms. The van der Waals surface area contributed by atoms with Gasteiger partial charge in [0.1, 0.15) is 11.4 Å². The Morgan fingerprint density at radius 3 is 2.62 bits per heavy atom. The van der Waals surface area contributed by atoms with Gasteiger partial charge in [-0.1, -0.05) is 42.5 Å². The van der Waals surface area contributed by atoms with E-state index in [1.54, 1.807) is 12.3 Å². The lowest BCUT2D eigenvalue weighted by Gasteiger charge is -2.12. The Hall–Kier alpha value is -3.34. The normalized spacial score (nSPS) is 10.2. The fraction of sp³-hybridized carbons (Fsp3) is 0.143. The first kappa shape index (κ1) is 17.5. The number of para-hydroxylation sites is 2. The predicted molar refractivity (Wildman–Crippen MR) is 103 cm³/mol. The van der Waals surface area contributed by atoms with Crippen molar-refractivity contribution in [3.63, 3.8) is 0 Å². The molecule has 5 heteroatoms. The van der Waals surface area contributed by atoms with Gasteiger partial charge < -0.3 is 15.4 Å². The van der Waals surface area contributed by atoms with Crippen LogP contribution in [0.4, 0.5) is 11.4 Å². The van der Waals surface area contributed by atoms with Crippen molar-refractivity contribution in [3.8, 4) is 5.75 Å². The van der Waals surface area contributed by atoms with Gasteiger partial charge in [-0.3, -0.25) is 9.78 Å². The Balaban J connectivity index is 1.69. The fourth-order valence-electron chi connectivity index (χ4n) is 2.51. The van der Waals surface area contributed by atoms with Gasteiger partial charge in [0.25, 0.3) is 5.91 Å². The van der Waals surface area contributed by atoms with Crippen LogP contribution >= 0.6 is 0 Å². The molecule has 0 fully saturated rings. The Bertz CT molecular complexity index is 866. The highest BCUT2D eigenvalue weighted by molar-refractivity contribution is 5.93. The average molecular weight is 347 g/mol. The van der Waals surface area contributed by atoms with Crippen LogP contribution in [0.15, 0.2) is 72.9 Å². The van der Waals surface area contributed by atoms with Crippen molar-refractivity contribution < 1.29 is 9.53 Å². The highest BCUT2D eigenvalue weighted by atomic mass is 16.5. The Labute approximate surface area is 153 Å². The van der Waals surface area contributed by atoms with Crippen molar-refractivity contribution in [2.75, 3.05) is 11.9 Å². The summed E-state index contributed by atoms with van der Waals surface area (Å²) < 4.78 is 5.62. The van der Waals surface area contributed by atoms with Gasteiger partial charge in [0.15, 0.2) is 0 Å². The SMILES string of the molecule is CCOc1ccccc1Nc1ccnc(C(=O)NCc2ccccc2)c1. The van der Waals surface area contributed by atoms with Crippen molar-refractivity contribution in [3.05, 3.63) is 84.2 Å². The number of amides is 1. The number of rotatable bonds is 7. The standard InChI is InChI=1S/C21H21N3O2/c1-2-26-20-11-7-6-10-18(20)24-17-12-13-22-19(14-17)21(25)23-15-16-8-4-3-5-9-16/h3-14H,2,15H2,1H3,(H,22,24)(H,23,25). The van der Waals surface area contributed by atoms with Crippen molar-refractivity contribution in [1.82, 2.24) is 10.3 Å².